The summed E-state index contributed by atoms with van der Waals surface area (Å²) in [6.45, 7) is 4.20. The van der Waals surface area contributed by atoms with Gasteiger partial charge in [-0.25, -0.2) is 8.78 Å². The number of aliphatic hydroxyl groups is 1. The Bertz CT molecular complexity index is 518. The van der Waals surface area contributed by atoms with Gasteiger partial charge in [-0.1, -0.05) is 19.9 Å². The van der Waals surface area contributed by atoms with Crippen LogP contribution in [0.1, 0.15) is 51.2 Å². The van der Waals surface area contributed by atoms with Gasteiger partial charge in [0.15, 0.2) is 0 Å². The Morgan fingerprint density at radius 3 is 2.10 bits per heavy atom. The van der Waals surface area contributed by atoms with Crippen LogP contribution in [0.5, 0.6) is 0 Å². The first-order valence-corrected chi connectivity index (χ1v) is 6.85. The molecule has 0 spiro atoms. The van der Waals surface area contributed by atoms with Crippen molar-refractivity contribution in [2.75, 3.05) is 0 Å². The molecule has 1 atom stereocenters. The lowest BCUT2D eigenvalue weighted by Crippen LogP contribution is -2.36. The van der Waals surface area contributed by atoms with E-state index in [1.807, 2.05) is 0 Å². The quantitative estimate of drug-likeness (QED) is 0.885. The smallest absolute Gasteiger partial charge is 0.132 e. The molecule has 2 rings (SSSR count). The van der Waals surface area contributed by atoms with Gasteiger partial charge in [-0.2, -0.15) is 5.26 Å². The van der Waals surface area contributed by atoms with Crippen molar-refractivity contribution in [3.63, 3.8) is 0 Å². The number of benzene rings is 1. The maximum absolute atomic E-state index is 13.8. The van der Waals surface area contributed by atoms with Crippen LogP contribution in [0.15, 0.2) is 18.2 Å². The molecule has 1 saturated carbocycles. The predicted octanol–water partition coefficient (Wildman–Crippen LogP) is 4.11. The molecule has 0 amide bonds. The third-order valence-corrected chi connectivity index (χ3v) is 4.52. The Kier molecular flexibility index (Phi) is 3.84. The summed E-state index contributed by atoms with van der Waals surface area (Å²) in [5.74, 6) is -1.59. The molecule has 2 nitrogen and oxygen atoms in total. The summed E-state index contributed by atoms with van der Waals surface area (Å²) in [5.41, 5.74) is -1.37. The lowest BCUT2D eigenvalue weighted by atomic mass is 9.62. The van der Waals surface area contributed by atoms with E-state index in [0.717, 1.165) is 25.0 Å². The Morgan fingerprint density at radius 1 is 1.15 bits per heavy atom. The number of rotatable bonds is 2. The second-order valence-corrected chi connectivity index (χ2v) is 6.47. The van der Waals surface area contributed by atoms with Gasteiger partial charge >= 0.3 is 0 Å². The molecule has 0 radical (unpaired) electrons. The molecule has 0 aliphatic heterocycles. The second-order valence-electron chi connectivity index (χ2n) is 6.47. The number of hydrogen-bond donors (Lipinski definition) is 1. The third-order valence-electron chi connectivity index (χ3n) is 4.52. The van der Waals surface area contributed by atoms with E-state index >= 15 is 0 Å². The van der Waals surface area contributed by atoms with Crippen LogP contribution >= 0.6 is 0 Å². The van der Waals surface area contributed by atoms with Gasteiger partial charge in [0.25, 0.3) is 0 Å². The highest BCUT2D eigenvalue weighted by Crippen LogP contribution is 2.51. The van der Waals surface area contributed by atoms with Crippen molar-refractivity contribution in [2.24, 2.45) is 10.8 Å². The Hall–Kier alpha value is -1.47. The summed E-state index contributed by atoms with van der Waals surface area (Å²) in [6, 6.07) is 5.60. The zero-order chi connectivity index (χ0) is 15.0. The van der Waals surface area contributed by atoms with Gasteiger partial charge < -0.3 is 5.11 Å². The van der Waals surface area contributed by atoms with E-state index in [1.165, 1.54) is 6.07 Å². The number of nitriles is 1. The van der Waals surface area contributed by atoms with Gasteiger partial charge in [-0.15, -0.1) is 0 Å². The van der Waals surface area contributed by atoms with Crippen LogP contribution in [0, 0.1) is 33.8 Å². The Morgan fingerprint density at radius 2 is 1.65 bits per heavy atom. The van der Waals surface area contributed by atoms with E-state index in [4.69, 9.17) is 0 Å². The minimum absolute atomic E-state index is 0.105. The maximum atomic E-state index is 13.8. The minimum Gasteiger partial charge on any atom is -0.387 e. The molecule has 1 aromatic rings. The molecule has 4 heteroatoms. The fraction of sp³-hybridized carbons (Fsp3) is 0.562. The second kappa shape index (κ2) is 5.14. The molecule has 1 aromatic carbocycles. The maximum Gasteiger partial charge on any atom is 0.132 e. The van der Waals surface area contributed by atoms with Gasteiger partial charge in [0.05, 0.1) is 17.0 Å². The Labute approximate surface area is 118 Å². The largest absolute Gasteiger partial charge is 0.387 e. The van der Waals surface area contributed by atoms with Crippen molar-refractivity contribution in [2.45, 2.75) is 45.6 Å². The van der Waals surface area contributed by atoms with Gasteiger partial charge in [0.1, 0.15) is 17.7 Å². The predicted molar refractivity (Wildman–Crippen MR) is 71.6 cm³/mol. The minimum atomic E-state index is -1.43. The van der Waals surface area contributed by atoms with Crippen LogP contribution in [0.3, 0.4) is 0 Å². The number of halogens is 2. The standard InChI is InChI=1S/C16H19F2NO/c1-15(2)6-8-16(10-19,9-7-15)14(20)13-11(17)4-3-5-12(13)18/h3-5,14,20H,6-9H2,1-2H3. The van der Waals surface area contributed by atoms with E-state index < -0.39 is 23.2 Å². The molecule has 0 heterocycles. The SMILES string of the molecule is CC1(C)CCC(C#N)(C(O)c2c(F)cccc2F)CC1. The molecular weight excluding hydrogens is 260 g/mol. The molecule has 0 saturated heterocycles. The molecule has 1 N–H and O–H groups in total. The molecule has 1 fully saturated rings. The number of hydrogen-bond acceptors (Lipinski definition) is 2. The van der Waals surface area contributed by atoms with E-state index in [0.29, 0.717) is 12.8 Å². The monoisotopic (exact) mass is 279 g/mol. The first kappa shape index (κ1) is 14.9. The summed E-state index contributed by atoms with van der Waals surface area (Å²) in [7, 11) is 0. The number of aliphatic hydroxyl groups excluding tert-OH is 1. The van der Waals surface area contributed by atoms with E-state index in [-0.39, 0.29) is 11.0 Å². The lowest BCUT2D eigenvalue weighted by Gasteiger charge is -2.42. The summed E-state index contributed by atoms with van der Waals surface area (Å²) in [6.07, 6.45) is 0.989. The van der Waals surface area contributed by atoms with Crippen LogP contribution in [0.25, 0.3) is 0 Å². The highest BCUT2D eigenvalue weighted by molar-refractivity contribution is 5.27. The van der Waals surface area contributed by atoms with Crippen LogP contribution in [-0.2, 0) is 0 Å². The van der Waals surface area contributed by atoms with Crippen LogP contribution in [0.2, 0.25) is 0 Å². The van der Waals surface area contributed by atoms with E-state index in [1.54, 1.807) is 0 Å². The van der Waals surface area contributed by atoms with Crippen molar-refractivity contribution in [1.82, 2.24) is 0 Å². The molecule has 0 bridgehead atoms. The fourth-order valence-corrected chi connectivity index (χ4v) is 2.87. The van der Waals surface area contributed by atoms with Crippen LogP contribution in [0.4, 0.5) is 8.78 Å². The third kappa shape index (κ3) is 2.55. The number of nitrogens with zero attached hydrogens (tertiary/aromatic N) is 1. The lowest BCUT2D eigenvalue weighted by molar-refractivity contribution is 0.00536. The van der Waals surface area contributed by atoms with E-state index in [9.17, 15) is 19.1 Å². The molecule has 108 valence electrons. The molecule has 0 aromatic heterocycles. The molecule has 1 aliphatic rings. The highest BCUT2D eigenvalue weighted by atomic mass is 19.1. The van der Waals surface area contributed by atoms with Crippen LogP contribution < -0.4 is 0 Å². The first-order valence-electron chi connectivity index (χ1n) is 6.85. The summed E-state index contributed by atoms with van der Waals surface area (Å²) >= 11 is 0. The summed E-state index contributed by atoms with van der Waals surface area (Å²) in [4.78, 5) is 0. The zero-order valence-corrected chi connectivity index (χ0v) is 11.8. The van der Waals surface area contributed by atoms with Gasteiger partial charge in [0, 0.05) is 0 Å². The van der Waals surface area contributed by atoms with Gasteiger partial charge in [-0.3, -0.25) is 0 Å². The molecule has 1 aliphatic carbocycles. The zero-order valence-electron chi connectivity index (χ0n) is 11.8. The summed E-state index contributed by atoms with van der Waals surface area (Å²) < 4.78 is 27.6. The Balaban J connectivity index is 2.36. The molecule has 20 heavy (non-hydrogen) atoms. The van der Waals surface area contributed by atoms with E-state index in [2.05, 4.69) is 19.9 Å². The van der Waals surface area contributed by atoms with Gasteiger partial charge in [-0.05, 0) is 43.2 Å². The average molecular weight is 279 g/mol. The topological polar surface area (TPSA) is 44.0 Å². The van der Waals surface area contributed by atoms with Crippen molar-refractivity contribution in [3.05, 3.63) is 35.4 Å². The van der Waals surface area contributed by atoms with Crippen molar-refractivity contribution in [1.29, 1.82) is 5.26 Å². The average Bonchev–Trinajstić information content (AvgIpc) is 2.39. The van der Waals surface area contributed by atoms with Crippen molar-refractivity contribution >= 4 is 0 Å². The van der Waals surface area contributed by atoms with Crippen LogP contribution in [-0.4, -0.2) is 5.11 Å². The van der Waals surface area contributed by atoms with Crippen molar-refractivity contribution in [3.8, 4) is 6.07 Å². The first-order chi connectivity index (χ1) is 9.31. The van der Waals surface area contributed by atoms with Gasteiger partial charge in [0.2, 0.25) is 0 Å². The highest BCUT2D eigenvalue weighted by Gasteiger charge is 2.46. The summed E-state index contributed by atoms with van der Waals surface area (Å²) in [5, 5.41) is 19.9. The fourth-order valence-electron chi connectivity index (χ4n) is 2.87. The molecular formula is C16H19F2NO. The normalized spacial score (nSPS) is 22.0. The molecule has 1 unspecified atom stereocenters. The van der Waals surface area contributed by atoms with Crippen molar-refractivity contribution < 1.29 is 13.9 Å².